The third-order valence-electron chi connectivity index (χ3n) is 3.65. The maximum atomic E-state index is 12.4. The van der Waals surface area contributed by atoms with E-state index >= 15 is 0 Å². The number of hydrogen-bond donors (Lipinski definition) is 1. The molecule has 0 spiro atoms. The van der Waals surface area contributed by atoms with E-state index in [1.807, 2.05) is 6.07 Å². The number of carbonyl (C=O) groups is 1. The van der Waals surface area contributed by atoms with Crippen molar-refractivity contribution in [3.63, 3.8) is 0 Å². The van der Waals surface area contributed by atoms with Crippen LogP contribution in [0.3, 0.4) is 0 Å². The van der Waals surface area contributed by atoms with Gasteiger partial charge in [-0.1, -0.05) is 23.7 Å². The highest BCUT2D eigenvalue weighted by molar-refractivity contribution is 6.34. The summed E-state index contributed by atoms with van der Waals surface area (Å²) in [7, 11) is 1.51. The Morgan fingerprint density at radius 2 is 2.08 bits per heavy atom. The highest BCUT2D eigenvalue weighted by Gasteiger charge is 2.19. The Bertz CT molecular complexity index is 901. The molecule has 0 unspecified atom stereocenters. The van der Waals surface area contributed by atoms with Crippen LogP contribution in [0, 0.1) is 11.3 Å². The van der Waals surface area contributed by atoms with Crippen LogP contribution in [0.1, 0.15) is 5.56 Å². The summed E-state index contributed by atoms with van der Waals surface area (Å²) in [6.07, 6.45) is 1.45. The molecule has 1 aliphatic rings. The fraction of sp³-hybridized carbons (Fsp3) is 0.158. The van der Waals surface area contributed by atoms with E-state index in [-0.39, 0.29) is 5.57 Å². The van der Waals surface area contributed by atoms with Gasteiger partial charge < -0.3 is 19.5 Å². The van der Waals surface area contributed by atoms with Crippen molar-refractivity contribution >= 4 is 29.3 Å². The third-order valence-corrected chi connectivity index (χ3v) is 3.98. The molecule has 0 radical (unpaired) electrons. The Morgan fingerprint density at radius 1 is 1.31 bits per heavy atom. The van der Waals surface area contributed by atoms with Gasteiger partial charge in [-0.2, -0.15) is 5.26 Å². The summed E-state index contributed by atoms with van der Waals surface area (Å²) in [6, 6.07) is 12.1. The van der Waals surface area contributed by atoms with Gasteiger partial charge >= 0.3 is 0 Å². The smallest absolute Gasteiger partial charge is 0.266 e. The molecule has 0 fully saturated rings. The molecule has 0 aromatic heterocycles. The second-order valence-electron chi connectivity index (χ2n) is 5.35. The highest BCUT2D eigenvalue weighted by atomic mass is 35.5. The van der Waals surface area contributed by atoms with Gasteiger partial charge in [0.05, 0.1) is 17.8 Å². The second-order valence-corrected chi connectivity index (χ2v) is 5.76. The van der Waals surface area contributed by atoms with Crippen LogP contribution < -0.4 is 19.5 Å². The number of rotatable bonds is 4. The lowest BCUT2D eigenvalue weighted by Crippen LogP contribution is -2.16. The number of para-hydroxylation sites is 1. The zero-order valence-electron chi connectivity index (χ0n) is 13.9. The molecular formula is C19H15ClN2O4. The fourth-order valence-corrected chi connectivity index (χ4v) is 2.63. The molecule has 0 atom stereocenters. The first-order valence-corrected chi connectivity index (χ1v) is 8.15. The van der Waals surface area contributed by atoms with Gasteiger partial charge in [0, 0.05) is 0 Å². The van der Waals surface area contributed by atoms with E-state index in [9.17, 15) is 10.1 Å². The normalized spacial score (nSPS) is 12.9. The highest BCUT2D eigenvalue weighted by Crippen LogP contribution is 2.40. The number of methoxy groups -OCH3 is 1. The number of carbonyl (C=O) groups excluding carboxylic acids is 1. The van der Waals surface area contributed by atoms with E-state index in [1.165, 1.54) is 13.2 Å². The predicted octanol–water partition coefficient (Wildman–Crippen LogP) is 3.67. The molecule has 26 heavy (non-hydrogen) atoms. The van der Waals surface area contributed by atoms with Crippen molar-refractivity contribution in [3.05, 3.63) is 52.6 Å². The zero-order valence-corrected chi connectivity index (χ0v) is 14.7. The summed E-state index contributed by atoms with van der Waals surface area (Å²) in [4.78, 5) is 12.4. The topological polar surface area (TPSA) is 80.6 Å². The number of fused-ring (bicyclic) bond motifs is 1. The van der Waals surface area contributed by atoms with Crippen molar-refractivity contribution < 1.29 is 19.0 Å². The molecule has 1 aliphatic heterocycles. The predicted molar refractivity (Wildman–Crippen MR) is 97.7 cm³/mol. The molecule has 132 valence electrons. The van der Waals surface area contributed by atoms with Crippen LogP contribution in [-0.4, -0.2) is 26.2 Å². The molecule has 6 nitrogen and oxygen atoms in total. The molecule has 0 bridgehead atoms. The first kappa shape index (κ1) is 17.6. The minimum Gasteiger partial charge on any atom is -0.493 e. The number of nitrogens with one attached hydrogen (secondary N) is 1. The Hall–Kier alpha value is -3.17. The van der Waals surface area contributed by atoms with E-state index in [2.05, 4.69) is 5.32 Å². The van der Waals surface area contributed by atoms with Crippen LogP contribution in [0.4, 0.5) is 5.69 Å². The number of hydrogen-bond acceptors (Lipinski definition) is 5. The molecule has 0 aliphatic carbocycles. The zero-order chi connectivity index (χ0) is 18.5. The van der Waals surface area contributed by atoms with E-state index in [0.29, 0.717) is 46.7 Å². The van der Waals surface area contributed by atoms with Crippen LogP contribution in [0.25, 0.3) is 6.08 Å². The van der Waals surface area contributed by atoms with Gasteiger partial charge in [0.15, 0.2) is 11.5 Å². The van der Waals surface area contributed by atoms with Crippen molar-refractivity contribution in [2.45, 2.75) is 0 Å². The number of halogens is 1. The minimum absolute atomic E-state index is 0.0800. The summed E-state index contributed by atoms with van der Waals surface area (Å²) in [5.41, 5.74) is 0.931. The number of anilines is 1. The molecule has 0 saturated heterocycles. The quantitative estimate of drug-likeness (QED) is 0.656. The third kappa shape index (κ3) is 3.73. The summed E-state index contributed by atoms with van der Waals surface area (Å²) < 4.78 is 16.4. The van der Waals surface area contributed by atoms with Gasteiger partial charge in [0.25, 0.3) is 5.91 Å². The summed E-state index contributed by atoms with van der Waals surface area (Å²) in [5, 5.41) is 12.4. The van der Waals surface area contributed by atoms with Gasteiger partial charge in [-0.25, -0.2) is 0 Å². The van der Waals surface area contributed by atoms with Gasteiger partial charge in [-0.05, 0) is 35.9 Å². The van der Waals surface area contributed by atoms with Crippen LogP contribution in [0.5, 0.6) is 17.2 Å². The Kier molecular flexibility index (Phi) is 5.30. The molecular weight excluding hydrogens is 356 g/mol. The lowest BCUT2D eigenvalue weighted by molar-refractivity contribution is -0.112. The maximum absolute atomic E-state index is 12.4. The minimum atomic E-state index is -0.561. The van der Waals surface area contributed by atoms with Crippen molar-refractivity contribution in [1.82, 2.24) is 0 Å². The van der Waals surface area contributed by atoms with Gasteiger partial charge in [-0.3, -0.25) is 4.79 Å². The monoisotopic (exact) mass is 370 g/mol. The lowest BCUT2D eigenvalue weighted by Gasteiger charge is -2.21. The van der Waals surface area contributed by atoms with E-state index in [0.717, 1.165) is 0 Å². The molecule has 1 N–H and O–H groups in total. The van der Waals surface area contributed by atoms with Crippen molar-refractivity contribution in [2.24, 2.45) is 0 Å². The van der Waals surface area contributed by atoms with E-state index in [1.54, 1.807) is 36.4 Å². The number of amides is 1. The van der Waals surface area contributed by atoms with Crippen LogP contribution in [0.2, 0.25) is 5.02 Å². The number of nitriles is 1. The number of ether oxygens (including phenoxy) is 3. The van der Waals surface area contributed by atoms with E-state index < -0.39 is 5.91 Å². The standard InChI is InChI=1S/C19H15ClN2O4/c1-24-16-9-12(10-17-18(16)26-7-6-25-17)8-13(11-21)19(23)22-15-5-3-2-4-14(15)20/h2-5,8-10H,6-7H2,1H3,(H,22,23)/b13-8+. The van der Waals surface area contributed by atoms with Crippen molar-refractivity contribution in [3.8, 4) is 23.3 Å². The SMILES string of the molecule is COc1cc(/C=C(\C#N)C(=O)Nc2ccccc2Cl)cc2c1OCCO2. The first-order valence-electron chi connectivity index (χ1n) is 7.77. The average molecular weight is 371 g/mol. The Balaban J connectivity index is 1.90. The van der Waals surface area contributed by atoms with Gasteiger partial charge in [-0.15, -0.1) is 0 Å². The second kappa shape index (κ2) is 7.81. The van der Waals surface area contributed by atoms with Gasteiger partial charge in [0.2, 0.25) is 5.75 Å². The summed E-state index contributed by atoms with van der Waals surface area (Å²) in [6.45, 7) is 0.851. The number of nitrogens with zero attached hydrogens (tertiary/aromatic N) is 1. The summed E-state index contributed by atoms with van der Waals surface area (Å²) in [5.74, 6) is 0.923. The number of benzene rings is 2. The van der Waals surface area contributed by atoms with Crippen LogP contribution >= 0.6 is 11.6 Å². The first-order chi connectivity index (χ1) is 12.6. The maximum Gasteiger partial charge on any atom is 0.266 e. The van der Waals surface area contributed by atoms with Crippen molar-refractivity contribution in [1.29, 1.82) is 5.26 Å². The van der Waals surface area contributed by atoms with Crippen LogP contribution in [-0.2, 0) is 4.79 Å². The molecule has 2 aromatic rings. The average Bonchev–Trinajstić information content (AvgIpc) is 2.67. The lowest BCUT2D eigenvalue weighted by atomic mass is 10.1. The van der Waals surface area contributed by atoms with Crippen molar-refractivity contribution in [2.75, 3.05) is 25.6 Å². The van der Waals surface area contributed by atoms with Crippen LogP contribution in [0.15, 0.2) is 42.0 Å². The Labute approximate surface area is 155 Å². The molecule has 0 saturated carbocycles. The Morgan fingerprint density at radius 3 is 2.81 bits per heavy atom. The summed E-state index contributed by atoms with van der Waals surface area (Å²) >= 11 is 6.03. The fourth-order valence-electron chi connectivity index (χ4n) is 2.44. The largest absolute Gasteiger partial charge is 0.493 e. The molecule has 3 rings (SSSR count). The molecule has 1 amide bonds. The van der Waals surface area contributed by atoms with E-state index in [4.69, 9.17) is 25.8 Å². The molecule has 2 aromatic carbocycles. The van der Waals surface area contributed by atoms with Gasteiger partial charge in [0.1, 0.15) is 24.9 Å². The molecule has 1 heterocycles. The molecule has 7 heteroatoms.